The van der Waals surface area contributed by atoms with Gasteiger partial charge in [-0.1, -0.05) is 24.3 Å². The molecule has 1 amide bonds. The zero-order chi connectivity index (χ0) is 20.3. The summed E-state index contributed by atoms with van der Waals surface area (Å²) in [6.07, 6.45) is 3.19. The molecule has 4 aromatic rings. The van der Waals surface area contributed by atoms with Crippen molar-refractivity contribution in [2.75, 3.05) is 5.32 Å². The molecule has 148 valence electrons. The van der Waals surface area contributed by atoms with Crippen LogP contribution in [0.25, 0.3) is 5.69 Å². The summed E-state index contributed by atoms with van der Waals surface area (Å²) in [5.74, 6) is -0.496. The number of hydrogen-bond donors (Lipinski definition) is 2. The van der Waals surface area contributed by atoms with E-state index in [0.717, 1.165) is 21.9 Å². The number of nitrogens with zero attached hydrogens (tertiary/aromatic N) is 2. The lowest BCUT2D eigenvalue weighted by molar-refractivity contribution is 0.102. The molecule has 29 heavy (non-hydrogen) atoms. The number of rotatable bonds is 7. The average Bonchev–Trinajstić information content (AvgIpc) is 3.48. The summed E-state index contributed by atoms with van der Waals surface area (Å²) in [7, 11) is -3.81. The van der Waals surface area contributed by atoms with Gasteiger partial charge in [0.1, 0.15) is 9.77 Å². The Morgan fingerprint density at radius 2 is 1.86 bits per heavy atom. The van der Waals surface area contributed by atoms with Crippen molar-refractivity contribution in [2.24, 2.45) is 0 Å². The van der Waals surface area contributed by atoms with Crippen LogP contribution in [0, 0.1) is 0 Å². The Labute approximate surface area is 175 Å². The second-order valence-electron chi connectivity index (χ2n) is 5.98. The number of carbonyl (C=O) groups is 1. The van der Waals surface area contributed by atoms with E-state index in [1.807, 2.05) is 47.8 Å². The smallest absolute Gasteiger partial charge is 0.267 e. The van der Waals surface area contributed by atoms with E-state index < -0.39 is 15.9 Å². The molecule has 0 aliphatic heterocycles. The largest absolute Gasteiger partial charge is 0.319 e. The number of nitrogens with one attached hydrogen (secondary N) is 2. The number of anilines is 1. The molecule has 7 nitrogen and oxygen atoms in total. The second kappa shape index (κ2) is 8.29. The molecule has 2 N–H and O–H groups in total. The first-order chi connectivity index (χ1) is 14.0. The van der Waals surface area contributed by atoms with Gasteiger partial charge in [-0.25, -0.2) is 17.8 Å². The van der Waals surface area contributed by atoms with Crippen molar-refractivity contribution < 1.29 is 13.2 Å². The van der Waals surface area contributed by atoms with Gasteiger partial charge in [0.15, 0.2) is 0 Å². The minimum absolute atomic E-state index is 0.0352. The fraction of sp³-hybridized carbons (Fsp3) is 0.0526. The third-order valence-electron chi connectivity index (χ3n) is 4.00. The lowest BCUT2D eigenvalue weighted by Gasteiger charge is -2.07. The standard InChI is InChI=1S/C19H16N4O3S3/c24-19(22-14-11-20-23(13-14)15-5-2-1-3-6-15)18-17(8-10-28-18)29(25,26)21-12-16-7-4-9-27-16/h1-11,13,21H,12H2,(H,22,24). The van der Waals surface area contributed by atoms with Gasteiger partial charge < -0.3 is 5.32 Å². The maximum Gasteiger partial charge on any atom is 0.267 e. The van der Waals surface area contributed by atoms with Crippen molar-refractivity contribution in [3.05, 3.63) is 81.4 Å². The first kappa shape index (κ1) is 19.5. The maximum absolute atomic E-state index is 12.7. The molecule has 0 bridgehead atoms. The molecule has 1 aromatic carbocycles. The van der Waals surface area contributed by atoms with Crippen molar-refractivity contribution >= 4 is 44.3 Å². The first-order valence-corrected chi connectivity index (χ1v) is 11.8. The molecule has 3 aromatic heterocycles. The highest BCUT2D eigenvalue weighted by Gasteiger charge is 2.24. The van der Waals surface area contributed by atoms with Crippen LogP contribution < -0.4 is 10.0 Å². The number of aromatic nitrogens is 2. The molecule has 10 heteroatoms. The van der Waals surface area contributed by atoms with E-state index in [2.05, 4.69) is 15.1 Å². The molecule has 3 heterocycles. The van der Waals surface area contributed by atoms with Crippen molar-refractivity contribution in [1.29, 1.82) is 0 Å². The van der Waals surface area contributed by atoms with Gasteiger partial charge in [0.25, 0.3) is 5.91 Å². The third-order valence-corrected chi connectivity index (χ3v) is 7.36. The molecule has 0 radical (unpaired) electrons. The fourth-order valence-corrected chi connectivity index (χ4v) is 5.69. The zero-order valence-corrected chi connectivity index (χ0v) is 17.4. The fourth-order valence-electron chi connectivity index (χ4n) is 2.63. The number of benzene rings is 1. The van der Waals surface area contributed by atoms with Crippen LogP contribution in [0.15, 0.2) is 76.6 Å². The molecule has 0 aliphatic rings. The minimum atomic E-state index is -3.81. The summed E-state index contributed by atoms with van der Waals surface area (Å²) in [6.45, 7) is 0.181. The van der Waals surface area contributed by atoms with Crippen molar-refractivity contribution in [3.8, 4) is 5.69 Å². The lowest BCUT2D eigenvalue weighted by Crippen LogP contribution is -2.25. The number of sulfonamides is 1. The molecule has 0 fully saturated rings. The summed E-state index contributed by atoms with van der Waals surface area (Å²) >= 11 is 2.54. The van der Waals surface area contributed by atoms with Crippen molar-refractivity contribution in [3.63, 3.8) is 0 Å². The van der Waals surface area contributed by atoms with Crippen LogP contribution in [0.4, 0.5) is 5.69 Å². The van der Waals surface area contributed by atoms with E-state index in [1.165, 1.54) is 23.6 Å². The molecule has 0 spiro atoms. The van der Waals surface area contributed by atoms with E-state index in [9.17, 15) is 13.2 Å². The van der Waals surface area contributed by atoms with Gasteiger partial charge in [0.05, 0.1) is 23.8 Å². The van der Waals surface area contributed by atoms with Crippen LogP contribution in [-0.4, -0.2) is 24.1 Å². The summed E-state index contributed by atoms with van der Waals surface area (Å²) < 4.78 is 29.5. The van der Waals surface area contributed by atoms with Crippen LogP contribution >= 0.6 is 22.7 Å². The molecule has 0 aliphatic carbocycles. The Kier molecular flexibility index (Phi) is 5.58. The highest BCUT2D eigenvalue weighted by molar-refractivity contribution is 7.89. The summed E-state index contributed by atoms with van der Waals surface area (Å²) in [6, 6.07) is 14.6. The predicted octanol–water partition coefficient (Wildman–Crippen LogP) is 3.73. The number of amides is 1. The van der Waals surface area contributed by atoms with Gasteiger partial charge in [-0.05, 0) is 35.0 Å². The summed E-state index contributed by atoms with van der Waals surface area (Å²) in [5, 5.41) is 10.4. The quantitative estimate of drug-likeness (QED) is 0.454. The summed E-state index contributed by atoms with van der Waals surface area (Å²) in [4.78, 5) is 13.7. The lowest BCUT2D eigenvalue weighted by atomic mass is 10.3. The predicted molar refractivity (Wildman–Crippen MR) is 114 cm³/mol. The van der Waals surface area contributed by atoms with E-state index in [1.54, 1.807) is 16.3 Å². The second-order valence-corrected chi connectivity index (χ2v) is 9.66. The highest BCUT2D eigenvalue weighted by Crippen LogP contribution is 2.24. The topological polar surface area (TPSA) is 93.1 Å². The first-order valence-electron chi connectivity index (χ1n) is 8.54. The van der Waals surface area contributed by atoms with Gasteiger partial charge in [0.2, 0.25) is 10.0 Å². The van der Waals surface area contributed by atoms with Crippen molar-refractivity contribution in [1.82, 2.24) is 14.5 Å². The number of hydrogen-bond acceptors (Lipinski definition) is 6. The van der Waals surface area contributed by atoms with E-state index >= 15 is 0 Å². The van der Waals surface area contributed by atoms with Crippen molar-refractivity contribution in [2.45, 2.75) is 11.4 Å². The minimum Gasteiger partial charge on any atom is -0.319 e. The van der Waals surface area contributed by atoms with Crippen LogP contribution in [0.2, 0.25) is 0 Å². The molecule has 4 rings (SSSR count). The molecule has 0 saturated carbocycles. The SMILES string of the molecule is O=C(Nc1cnn(-c2ccccc2)c1)c1sccc1S(=O)(=O)NCc1cccs1. The number of para-hydroxylation sites is 1. The Morgan fingerprint density at radius 3 is 2.62 bits per heavy atom. The van der Waals surface area contributed by atoms with E-state index in [4.69, 9.17) is 0 Å². The Balaban J connectivity index is 1.49. The Bertz CT molecular complexity index is 1210. The molecule has 0 atom stereocenters. The Morgan fingerprint density at radius 1 is 1.03 bits per heavy atom. The third kappa shape index (κ3) is 4.46. The molecule has 0 unspecified atom stereocenters. The van der Waals surface area contributed by atoms with Crippen LogP contribution in [0.3, 0.4) is 0 Å². The van der Waals surface area contributed by atoms with Gasteiger partial charge in [-0.2, -0.15) is 5.10 Å². The van der Waals surface area contributed by atoms with Crippen LogP contribution in [-0.2, 0) is 16.6 Å². The molecule has 0 saturated heterocycles. The van der Waals surface area contributed by atoms with Gasteiger partial charge in [-0.15, -0.1) is 22.7 Å². The van der Waals surface area contributed by atoms with Crippen LogP contribution in [0.1, 0.15) is 14.5 Å². The number of thiophene rings is 2. The van der Waals surface area contributed by atoms with Gasteiger partial charge >= 0.3 is 0 Å². The maximum atomic E-state index is 12.7. The van der Waals surface area contributed by atoms with E-state index in [0.29, 0.717) is 5.69 Å². The average molecular weight is 445 g/mol. The highest BCUT2D eigenvalue weighted by atomic mass is 32.2. The summed E-state index contributed by atoms with van der Waals surface area (Å²) in [5.41, 5.74) is 1.33. The number of carbonyl (C=O) groups excluding carboxylic acids is 1. The van der Waals surface area contributed by atoms with Crippen LogP contribution in [0.5, 0.6) is 0 Å². The molecular formula is C19H16N4O3S3. The molecular weight excluding hydrogens is 428 g/mol. The van der Waals surface area contributed by atoms with E-state index in [-0.39, 0.29) is 16.3 Å². The monoisotopic (exact) mass is 444 g/mol. The zero-order valence-electron chi connectivity index (χ0n) is 15.0. The van der Waals surface area contributed by atoms with Gasteiger partial charge in [0, 0.05) is 11.4 Å². The van der Waals surface area contributed by atoms with Gasteiger partial charge in [-0.3, -0.25) is 4.79 Å². The Hall–Kier alpha value is -2.79. The normalized spacial score (nSPS) is 11.4.